The quantitative estimate of drug-likeness (QED) is 0.926. The summed E-state index contributed by atoms with van der Waals surface area (Å²) >= 11 is 2.08. The second-order valence-corrected chi connectivity index (χ2v) is 6.59. The monoisotopic (exact) mass is 288 g/mol. The number of aryl methyl sites for hydroxylation is 1. The highest BCUT2D eigenvalue weighted by Gasteiger charge is 2.16. The summed E-state index contributed by atoms with van der Waals surface area (Å²) in [5.74, 6) is 2.14. The van der Waals surface area contributed by atoms with Gasteiger partial charge < -0.3 is 10.1 Å². The van der Waals surface area contributed by atoms with Crippen LogP contribution >= 0.6 is 11.8 Å². The number of benzene rings is 1. The summed E-state index contributed by atoms with van der Waals surface area (Å²) < 4.78 is 5.42. The molecule has 1 unspecified atom stereocenters. The summed E-state index contributed by atoms with van der Waals surface area (Å²) in [4.78, 5) is 4.62. The number of thioether (sulfide) groups is 1. The van der Waals surface area contributed by atoms with Gasteiger partial charge in [0.15, 0.2) is 0 Å². The first-order chi connectivity index (χ1) is 9.78. The zero-order valence-electron chi connectivity index (χ0n) is 12.0. The van der Waals surface area contributed by atoms with E-state index in [1.165, 1.54) is 24.3 Å². The van der Waals surface area contributed by atoms with Gasteiger partial charge in [-0.1, -0.05) is 12.1 Å². The Bertz CT molecular complexity index is 609. The number of aromatic nitrogens is 1. The lowest BCUT2D eigenvalue weighted by Crippen LogP contribution is -2.14. The van der Waals surface area contributed by atoms with Gasteiger partial charge in [0.1, 0.15) is 11.3 Å². The van der Waals surface area contributed by atoms with E-state index in [1.54, 1.807) is 7.11 Å². The first-order valence-electron chi connectivity index (χ1n) is 7.08. The number of para-hydroxylation sites is 1. The zero-order valence-corrected chi connectivity index (χ0v) is 12.8. The maximum Gasteiger partial charge on any atom is 0.145 e. The SMILES string of the molecule is COc1cccc2c(NCC3CCCS3)cc(C)nc12. The van der Waals surface area contributed by atoms with E-state index in [1.807, 2.05) is 19.1 Å². The maximum absolute atomic E-state index is 5.42. The van der Waals surface area contributed by atoms with Gasteiger partial charge in [0.25, 0.3) is 0 Å². The van der Waals surface area contributed by atoms with E-state index in [-0.39, 0.29) is 0 Å². The molecule has 0 saturated carbocycles. The van der Waals surface area contributed by atoms with Gasteiger partial charge in [-0.25, -0.2) is 4.98 Å². The van der Waals surface area contributed by atoms with Crippen LogP contribution in [0, 0.1) is 6.92 Å². The van der Waals surface area contributed by atoms with Crippen molar-refractivity contribution in [1.82, 2.24) is 4.98 Å². The van der Waals surface area contributed by atoms with Crippen molar-refractivity contribution < 1.29 is 4.74 Å². The Hall–Kier alpha value is -1.42. The molecule has 0 spiro atoms. The number of methoxy groups -OCH3 is 1. The number of rotatable bonds is 4. The summed E-state index contributed by atoms with van der Waals surface area (Å²) in [6.07, 6.45) is 2.67. The lowest BCUT2D eigenvalue weighted by molar-refractivity contribution is 0.419. The van der Waals surface area contributed by atoms with E-state index in [0.717, 1.165) is 34.1 Å². The van der Waals surface area contributed by atoms with Crippen LogP contribution in [0.3, 0.4) is 0 Å². The molecule has 3 nitrogen and oxygen atoms in total. The summed E-state index contributed by atoms with van der Waals surface area (Å²) in [7, 11) is 1.70. The average molecular weight is 288 g/mol. The van der Waals surface area contributed by atoms with E-state index in [4.69, 9.17) is 4.74 Å². The molecule has 1 atom stereocenters. The lowest BCUT2D eigenvalue weighted by Gasteiger charge is -2.15. The van der Waals surface area contributed by atoms with Crippen molar-refractivity contribution in [1.29, 1.82) is 0 Å². The second-order valence-electron chi connectivity index (χ2n) is 5.18. The van der Waals surface area contributed by atoms with Crippen LogP contribution in [-0.2, 0) is 0 Å². The van der Waals surface area contributed by atoms with Crippen molar-refractivity contribution in [2.45, 2.75) is 25.0 Å². The summed E-state index contributed by atoms with van der Waals surface area (Å²) in [5, 5.41) is 5.48. The molecule has 106 valence electrons. The van der Waals surface area contributed by atoms with Crippen LogP contribution < -0.4 is 10.1 Å². The minimum atomic E-state index is 0.740. The molecule has 0 radical (unpaired) electrons. The molecule has 3 rings (SSSR count). The third-order valence-electron chi connectivity index (χ3n) is 3.69. The minimum absolute atomic E-state index is 0.740. The fourth-order valence-electron chi connectivity index (χ4n) is 2.69. The normalized spacial score (nSPS) is 18.4. The molecular formula is C16H20N2OS. The van der Waals surface area contributed by atoms with Crippen LogP contribution in [-0.4, -0.2) is 29.6 Å². The predicted octanol–water partition coefficient (Wildman–Crippen LogP) is 3.86. The maximum atomic E-state index is 5.42. The van der Waals surface area contributed by atoms with Crippen molar-refractivity contribution in [3.05, 3.63) is 30.0 Å². The Morgan fingerprint density at radius 3 is 3.10 bits per heavy atom. The number of hydrogen-bond acceptors (Lipinski definition) is 4. The number of hydrogen-bond donors (Lipinski definition) is 1. The van der Waals surface area contributed by atoms with Crippen molar-refractivity contribution in [3.63, 3.8) is 0 Å². The van der Waals surface area contributed by atoms with E-state index in [2.05, 4.69) is 34.2 Å². The van der Waals surface area contributed by atoms with Crippen LogP contribution in [0.2, 0.25) is 0 Å². The van der Waals surface area contributed by atoms with Crippen molar-refractivity contribution >= 4 is 28.4 Å². The Balaban J connectivity index is 1.92. The molecule has 1 N–H and O–H groups in total. The van der Waals surface area contributed by atoms with Gasteiger partial charge >= 0.3 is 0 Å². The van der Waals surface area contributed by atoms with Gasteiger partial charge in [-0.3, -0.25) is 0 Å². The Kier molecular flexibility index (Phi) is 4.01. The topological polar surface area (TPSA) is 34.1 Å². The molecule has 1 fully saturated rings. The fraction of sp³-hybridized carbons (Fsp3) is 0.438. The van der Waals surface area contributed by atoms with Gasteiger partial charge in [-0.05, 0) is 37.7 Å². The first-order valence-corrected chi connectivity index (χ1v) is 8.12. The molecule has 1 aromatic heterocycles. The van der Waals surface area contributed by atoms with Crippen LogP contribution in [0.4, 0.5) is 5.69 Å². The van der Waals surface area contributed by atoms with Gasteiger partial charge in [0.2, 0.25) is 0 Å². The Morgan fingerprint density at radius 2 is 2.35 bits per heavy atom. The van der Waals surface area contributed by atoms with Crippen LogP contribution in [0.1, 0.15) is 18.5 Å². The third kappa shape index (κ3) is 2.70. The molecular weight excluding hydrogens is 268 g/mol. The summed E-state index contributed by atoms with van der Waals surface area (Å²) in [6, 6.07) is 8.22. The second kappa shape index (κ2) is 5.92. The molecule has 0 amide bonds. The molecule has 4 heteroatoms. The van der Waals surface area contributed by atoms with Gasteiger partial charge in [-0.15, -0.1) is 0 Å². The standard InChI is InChI=1S/C16H20N2OS/c1-11-9-14(17-10-12-5-4-8-20-12)13-6-3-7-15(19-2)16(13)18-11/h3,6-7,9,12H,4-5,8,10H2,1-2H3,(H,17,18). The third-order valence-corrected chi connectivity index (χ3v) is 5.09. The van der Waals surface area contributed by atoms with E-state index in [9.17, 15) is 0 Å². The number of nitrogens with zero attached hydrogens (tertiary/aromatic N) is 1. The van der Waals surface area contributed by atoms with Gasteiger partial charge in [0.05, 0.1) is 7.11 Å². The Morgan fingerprint density at radius 1 is 1.45 bits per heavy atom. The van der Waals surface area contributed by atoms with Gasteiger partial charge in [0, 0.05) is 28.6 Å². The number of pyridine rings is 1. The summed E-state index contributed by atoms with van der Waals surface area (Å²) in [5.41, 5.74) is 3.12. The lowest BCUT2D eigenvalue weighted by atomic mass is 10.1. The van der Waals surface area contributed by atoms with E-state index < -0.39 is 0 Å². The highest BCUT2D eigenvalue weighted by Crippen LogP contribution is 2.31. The van der Waals surface area contributed by atoms with Crippen molar-refractivity contribution in [2.24, 2.45) is 0 Å². The van der Waals surface area contributed by atoms with Crippen molar-refractivity contribution in [2.75, 3.05) is 24.7 Å². The number of fused-ring (bicyclic) bond motifs is 1. The number of ether oxygens (including phenoxy) is 1. The molecule has 2 aromatic rings. The molecule has 1 saturated heterocycles. The molecule has 1 aromatic carbocycles. The zero-order chi connectivity index (χ0) is 13.9. The number of nitrogens with one attached hydrogen (secondary N) is 1. The molecule has 0 bridgehead atoms. The highest BCUT2D eigenvalue weighted by atomic mass is 32.2. The molecule has 0 aliphatic carbocycles. The summed E-state index contributed by atoms with van der Waals surface area (Å²) in [6.45, 7) is 3.06. The molecule has 20 heavy (non-hydrogen) atoms. The van der Waals surface area contributed by atoms with E-state index in [0.29, 0.717) is 0 Å². The van der Waals surface area contributed by atoms with Gasteiger partial charge in [-0.2, -0.15) is 11.8 Å². The van der Waals surface area contributed by atoms with E-state index >= 15 is 0 Å². The predicted molar refractivity (Wildman–Crippen MR) is 87.0 cm³/mol. The average Bonchev–Trinajstić information content (AvgIpc) is 2.97. The van der Waals surface area contributed by atoms with Crippen LogP contribution in [0.5, 0.6) is 5.75 Å². The molecule has 2 heterocycles. The highest BCUT2D eigenvalue weighted by molar-refractivity contribution is 8.00. The molecule has 1 aliphatic heterocycles. The van der Waals surface area contributed by atoms with Crippen LogP contribution in [0.15, 0.2) is 24.3 Å². The number of anilines is 1. The van der Waals surface area contributed by atoms with Crippen LogP contribution in [0.25, 0.3) is 10.9 Å². The first kappa shape index (κ1) is 13.6. The minimum Gasteiger partial charge on any atom is -0.494 e. The smallest absolute Gasteiger partial charge is 0.145 e. The Labute approximate surface area is 124 Å². The largest absolute Gasteiger partial charge is 0.494 e. The molecule has 1 aliphatic rings. The fourth-order valence-corrected chi connectivity index (χ4v) is 3.89. The van der Waals surface area contributed by atoms with Crippen molar-refractivity contribution in [3.8, 4) is 5.75 Å².